The van der Waals surface area contributed by atoms with Crippen LogP contribution in [-0.4, -0.2) is 24.7 Å². The number of halogens is 1. The van der Waals surface area contributed by atoms with Crippen LogP contribution in [0.2, 0.25) is 0 Å². The number of pyridine rings is 1. The number of para-hydroxylation sites is 2. The van der Waals surface area contributed by atoms with Gasteiger partial charge in [-0.2, -0.15) is 0 Å². The Kier molecular flexibility index (Phi) is 6.41. The van der Waals surface area contributed by atoms with Crippen LogP contribution in [0.5, 0.6) is 5.75 Å². The number of esters is 1. The monoisotopic (exact) mass is 372 g/mol. The highest BCUT2D eigenvalue weighted by Gasteiger charge is 2.18. The maximum atomic E-state index is 12.4. The Hall–Kier alpha value is -2.79. The number of fused-ring (bicyclic) bond motifs is 1. The van der Waals surface area contributed by atoms with Crippen molar-refractivity contribution in [3.05, 3.63) is 59.8 Å². The molecule has 0 aliphatic heterocycles. The lowest BCUT2D eigenvalue weighted by molar-refractivity contribution is 0.0527. The first kappa shape index (κ1) is 19.5. The van der Waals surface area contributed by atoms with Gasteiger partial charge in [0.05, 0.1) is 19.4 Å². The third kappa shape index (κ3) is 3.73. The number of hydrogen-bond acceptors (Lipinski definition) is 5. The van der Waals surface area contributed by atoms with Crippen LogP contribution in [0, 0.1) is 6.92 Å². The van der Waals surface area contributed by atoms with E-state index in [0.717, 1.165) is 16.6 Å². The molecule has 5 nitrogen and oxygen atoms in total. The average Bonchev–Trinajstić information content (AvgIpc) is 2.63. The molecule has 1 aromatic heterocycles. The standard InChI is InChI=1S/C20H20N2O3.ClH/c1-4-25-20(23)15-12-21-19-14(9-7-11-17(19)24-3)18(15)22-16-10-6-5-8-13(16)2;/h5-12H,4H2,1-3H3,(H,21,22);1H. The highest BCUT2D eigenvalue weighted by Crippen LogP contribution is 2.34. The van der Waals surface area contributed by atoms with E-state index in [1.54, 1.807) is 14.0 Å². The minimum Gasteiger partial charge on any atom is -0.494 e. The van der Waals surface area contributed by atoms with Gasteiger partial charge in [-0.25, -0.2) is 4.79 Å². The van der Waals surface area contributed by atoms with E-state index in [1.807, 2.05) is 49.4 Å². The highest BCUT2D eigenvalue weighted by molar-refractivity contribution is 6.07. The summed E-state index contributed by atoms with van der Waals surface area (Å²) in [4.78, 5) is 16.8. The lowest BCUT2D eigenvalue weighted by atomic mass is 10.1. The van der Waals surface area contributed by atoms with Gasteiger partial charge >= 0.3 is 5.97 Å². The lowest BCUT2D eigenvalue weighted by Gasteiger charge is -2.16. The summed E-state index contributed by atoms with van der Waals surface area (Å²) in [5.74, 6) is 0.247. The molecule has 1 N–H and O–H groups in total. The number of nitrogens with one attached hydrogen (secondary N) is 1. The first-order valence-corrected chi connectivity index (χ1v) is 8.11. The van der Waals surface area contributed by atoms with E-state index < -0.39 is 5.97 Å². The molecule has 0 bridgehead atoms. The van der Waals surface area contributed by atoms with E-state index in [9.17, 15) is 4.79 Å². The Bertz CT molecular complexity index is 928. The van der Waals surface area contributed by atoms with Crippen LogP contribution in [0.1, 0.15) is 22.8 Å². The second-order valence-electron chi connectivity index (χ2n) is 5.56. The number of aryl methyl sites for hydroxylation is 1. The quantitative estimate of drug-likeness (QED) is 0.646. The second kappa shape index (κ2) is 8.54. The van der Waals surface area contributed by atoms with Crippen LogP contribution in [0.15, 0.2) is 48.7 Å². The van der Waals surface area contributed by atoms with Crippen LogP contribution in [0.25, 0.3) is 10.9 Å². The predicted molar refractivity (Wildman–Crippen MR) is 106 cm³/mol. The molecule has 0 saturated heterocycles. The van der Waals surface area contributed by atoms with Crippen molar-refractivity contribution in [3.8, 4) is 5.75 Å². The number of anilines is 2. The van der Waals surface area contributed by atoms with E-state index in [4.69, 9.17) is 9.47 Å². The van der Waals surface area contributed by atoms with Gasteiger partial charge in [-0.3, -0.25) is 4.98 Å². The smallest absolute Gasteiger partial charge is 0.341 e. The van der Waals surface area contributed by atoms with Crippen LogP contribution < -0.4 is 10.1 Å². The second-order valence-corrected chi connectivity index (χ2v) is 5.56. The fourth-order valence-corrected chi connectivity index (χ4v) is 2.71. The van der Waals surface area contributed by atoms with Crippen molar-refractivity contribution in [3.63, 3.8) is 0 Å². The maximum Gasteiger partial charge on any atom is 0.341 e. The fourth-order valence-electron chi connectivity index (χ4n) is 2.71. The van der Waals surface area contributed by atoms with Gasteiger partial charge in [0, 0.05) is 17.3 Å². The fraction of sp³-hybridized carbons (Fsp3) is 0.200. The third-order valence-electron chi connectivity index (χ3n) is 3.98. The number of carbonyl (C=O) groups is 1. The summed E-state index contributed by atoms with van der Waals surface area (Å²) in [5, 5.41) is 4.18. The molecule has 6 heteroatoms. The van der Waals surface area contributed by atoms with Crippen molar-refractivity contribution in [2.75, 3.05) is 19.0 Å². The molecule has 0 radical (unpaired) electrons. The molecule has 0 atom stereocenters. The summed E-state index contributed by atoms with van der Waals surface area (Å²) in [6.07, 6.45) is 1.53. The normalized spacial score (nSPS) is 10.1. The van der Waals surface area contributed by atoms with Gasteiger partial charge in [0.25, 0.3) is 0 Å². The van der Waals surface area contributed by atoms with Gasteiger partial charge in [-0.15, -0.1) is 12.4 Å². The Labute approximate surface area is 158 Å². The molecular weight excluding hydrogens is 352 g/mol. The number of ether oxygens (including phenoxy) is 2. The zero-order valence-corrected chi connectivity index (χ0v) is 15.7. The van der Waals surface area contributed by atoms with Crippen molar-refractivity contribution in [1.82, 2.24) is 4.98 Å². The van der Waals surface area contributed by atoms with Crippen LogP contribution in [0.4, 0.5) is 11.4 Å². The van der Waals surface area contributed by atoms with Gasteiger partial charge < -0.3 is 14.8 Å². The van der Waals surface area contributed by atoms with Gasteiger partial charge in [0.15, 0.2) is 0 Å². The van der Waals surface area contributed by atoms with E-state index >= 15 is 0 Å². The Balaban J connectivity index is 0.00000243. The van der Waals surface area contributed by atoms with E-state index in [0.29, 0.717) is 29.1 Å². The summed E-state index contributed by atoms with van der Waals surface area (Å²) < 4.78 is 10.6. The largest absolute Gasteiger partial charge is 0.494 e. The van der Waals surface area contributed by atoms with Crippen molar-refractivity contribution in [1.29, 1.82) is 0 Å². The topological polar surface area (TPSA) is 60.5 Å². The van der Waals surface area contributed by atoms with Gasteiger partial charge in [-0.05, 0) is 31.5 Å². The number of carbonyl (C=O) groups excluding carboxylic acids is 1. The summed E-state index contributed by atoms with van der Waals surface area (Å²) in [7, 11) is 1.60. The molecule has 0 unspecified atom stereocenters. The lowest BCUT2D eigenvalue weighted by Crippen LogP contribution is -2.09. The van der Waals surface area contributed by atoms with Gasteiger partial charge in [0.1, 0.15) is 16.8 Å². The first-order valence-electron chi connectivity index (χ1n) is 8.11. The Morgan fingerprint density at radius 2 is 1.92 bits per heavy atom. The molecule has 0 spiro atoms. The number of nitrogens with zero attached hydrogens (tertiary/aromatic N) is 1. The first-order chi connectivity index (χ1) is 12.2. The number of rotatable bonds is 5. The van der Waals surface area contributed by atoms with E-state index in [2.05, 4.69) is 10.3 Å². The van der Waals surface area contributed by atoms with Crippen LogP contribution in [0.3, 0.4) is 0 Å². The molecule has 26 heavy (non-hydrogen) atoms. The number of benzene rings is 2. The van der Waals surface area contributed by atoms with Crippen molar-refractivity contribution >= 4 is 40.7 Å². The van der Waals surface area contributed by atoms with Gasteiger partial charge in [0.2, 0.25) is 0 Å². The van der Waals surface area contributed by atoms with Crippen molar-refractivity contribution in [2.45, 2.75) is 13.8 Å². The molecule has 0 aliphatic rings. The molecule has 0 amide bonds. The van der Waals surface area contributed by atoms with Crippen LogP contribution >= 0.6 is 12.4 Å². The van der Waals surface area contributed by atoms with Crippen LogP contribution in [-0.2, 0) is 4.74 Å². The zero-order chi connectivity index (χ0) is 17.8. The predicted octanol–water partition coefficient (Wildman–Crippen LogP) is 4.89. The summed E-state index contributed by atoms with van der Waals surface area (Å²) in [6.45, 7) is 4.10. The Morgan fingerprint density at radius 1 is 1.15 bits per heavy atom. The van der Waals surface area contributed by atoms with Crippen molar-refractivity contribution < 1.29 is 14.3 Å². The van der Waals surface area contributed by atoms with Gasteiger partial charge in [-0.1, -0.05) is 30.3 Å². The molecule has 0 saturated carbocycles. The summed E-state index contributed by atoms with van der Waals surface area (Å²) >= 11 is 0. The number of hydrogen-bond donors (Lipinski definition) is 1. The SMILES string of the molecule is CCOC(=O)c1cnc2c(OC)cccc2c1Nc1ccccc1C.Cl. The summed E-state index contributed by atoms with van der Waals surface area (Å²) in [6, 6.07) is 13.5. The molecule has 0 aliphatic carbocycles. The zero-order valence-electron chi connectivity index (χ0n) is 14.9. The van der Waals surface area contributed by atoms with E-state index in [1.165, 1.54) is 6.20 Å². The molecule has 2 aromatic carbocycles. The molecule has 136 valence electrons. The molecular formula is C20H21ClN2O3. The third-order valence-corrected chi connectivity index (χ3v) is 3.98. The van der Waals surface area contributed by atoms with Crippen molar-refractivity contribution in [2.24, 2.45) is 0 Å². The molecule has 3 aromatic rings. The highest BCUT2D eigenvalue weighted by atomic mass is 35.5. The number of methoxy groups -OCH3 is 1. The Morgan fingerprint density at radius 3 is 2.62 bits per heavy atom. The minimum absolute atomic E-state index is 0. The number of aromatic nitrogens is 1. The minimum atomic E-state index is -0.407. The maximum absolute atomic E-state index is 12.4. The molecule has 3 rings (SSSR count). The van der Waals surface area contributed by atoms with E-state index in [-0.39, 0.29) is 12.4 Å². The average molecular weight is 373 g/mol. The molecule has 0 fully saturated rings. The summed E-state index contributed by atoms with van der Waals surface area (Å²) in [5.41, 5.74) is 3.74. The molecule has 1 heterocycles.